The number of benzene rings is 1. The third-order valence-electron chi connectivity index (χ3n) is 1.04. The van der Waals surface area contributed by atoms with E-state index in [0.717, 1.165) is 0 Å². The Balaban J connectivity index is 0. The second-order valence-electron chi connectivity index (χ2n) is 2.13. The molecule has 1 aromatic rings. The van der Waals surface area contributed by atoms with Crippen LogP contribution in [0.1, 0.15) is 5.56 Å². The molecule has 0 unspecified atom stereocenters. The summed E-state index contributed by atoms with van der Waals surface area (Å²) in [5, 5.41) is 0. The van der Waals surface area contributed by atoms with Crippen LogP contribution in [-0.4, -0.2) is 44.2 Å². The van der Waals surface area contributed by atoms with E-state index in [0.29, 0.717) is 0 Å². The van der Waals surface area contributed by atoms with Gasteiger partial charge in [0.25, 0.3) is 0 Å². The second kappa shape index (κ2) is 8.38. The monoisotopic (exact) mass is 226 g/mol. The number of hydrogen-bond acceptors (Lipinski definition) is 1. The summed E-state index contributed by atoms with van der Waals surface area (Å²) in [6.45, 7) is 3.63. The van der Waals surface area contributed by atoms with E-state index in [4.69, 9.17) is 19.2 Å². The van der Waals surface area contributed by atoms with E-state index in [9.17, 15) is 0 Å². The molecule has 14 heavy (non-hydrogen) atoms. The average molecular weight is 226 g/mol. The van der Waals surface area contributed by atoms with E-state index in [1.54, 1.807) is 0 Å². The first kappa shape index (κ1) is 16.5. The Bertz CT molecular complexity index is 287. The Hall–Kier alpha value is 0.0700. The summed E-state index contributed by atoms with van der Waals surface area (Å²) >= 11 is 0. The fourth-order valence-corrected chi connectivity index (χ4v) is 0.589. The van der Waals surface area contributed by atoms with Gasteiger partial charge in [0.1, 0.15) is 0 Å². The van der Waals surface area contributed by atoms with Crippen LogP contribution in [0.3, 0.4) is 0 Å². The summed E-state index contributed by atoms with van der Waals surface area (Å²) in [5.41, 5.74) is 1.17. The predicted molar refractivity (Wildman–Crippen MR) is 57.9 cm³/mol. The zero-order valence-corrected chi connectivity index (χ0v) is 7.76. The fourth-order valence-electron chi connectivity index (χ4n) is 0.589. The summed E-state index contributed by atoms with van der Waals surface area (Å²) in [5.74, 6) is 0. The molecular formula is C8H12NaO4P. The Labute approximate surface area is 105 Å². The van der Waals surface area contributed by atoms with E-state index < -0.39 is 7.82 Å². The minimum absolute atomic E-state index is 0. The molecule has 0 atom stereocenters. The van der Waals surface area contributed by atoms with E-state index in [1.807, 2.05) is 36.4 Å². The summed E-state index contributed by atoms with van der Waals surface area (Å²) in [6.07, 6.45) is 1.83. The Morgan fingerprint density at radius 1 is 1.14 bits per heavy atom. The molecule has 1 aromatic carbocycles. The van der Waals surface area contributed by atoms with Crippen molar-refractivity contribution in [2.75, 3.05) is 0 Å². The third kappa shape index (κ3) is 14.6. The molecule has 0 spiro atoms. The molecule has 0 aliphatic rings. The quantitative estimate of drug-likeness (QED) is 0.487. The van der Waals surface area contributed by atoms with Gasteiger partial charge in [0.2, 0.25) is 0 Å². The molecule has 0 fully saturated rings. The van der Waals surface area contributed by atoms with Crippen LogP contribution in [-0.2, 0) is 4.57 Å². The normalized spacial score (nSPS) is 9.07. The summed E-state index contributed by atoms with van der Waals surface area (Å²) in [4.78, 5) is 21.6. The maximum atomic E-state index is 8.88. The average Bonchev–Trinajstić information content (AvgIpc) is 2.03. The molecule has 0 aromatic heterocycles. The van der Waals surface area contributed by atoms with Crippen LogP contribution in [0.15, 0.2) is 36.9 Å². The van der Waals surface area contributed by atoms with E-state index in [1.165, 1.54) is 5.56 Å². The van der Waals surface area contributed by atoms with Crippen LogP contribution in [0, 0.1) is 0 Å². The molecule has 0 aliphatic heterocycles. The van der Waals surface area contributed by atoms with Gasteiger partial charge in [-0.15, -0.1) is 0 Å². The van der Waals surface area contributed by atoms with Crippen molar-refractivity contribution in [1.82, 2.24) is 0 Å². The topological polar surface area (TPSA) is 77.8 Å². The van der Waals surface area contributed by atoms with Gasteiger partial charge in [0.15, 0.2) is 0 Å². The van der Waals surface area contributed by atoms with E-state index in [2.05, 4.69) is 6.58 Å². The Kier molecular flexibility index (Phi) is 9.88. The minimum atomic E-state index is -4.64. The van der Waals surface area contributed by atoms with E-state index >= 15 is 0 Å². The van der Waals surface area contributed by atoms with Gasteiger partial charge in [-0.05, 0) is 5.56 Å². The standard InChI is InChI=1S/C8H8.Na.H3O4P.H/c1-2-8-6-4-3-5-7-8;;1-5(2,3)4;/h2-7H,1H2;;(H3,1,2,3,4);. The van der Waals surface area contributed by atoms with Gasteiger partial charge in [0, 0.05) is 0 Å². The molecule has 0 radical (unpaired) electrons. The first-order valence-corrected chi connectivity index (χ1v) is 4.96. The van der Waals surface area contributed by atoms with Crippen LogP contribution >= 0.6 is 7.82 Å². The Morgan fingerprint density at radius 3 is 1.71 bits per heavy atom. The molecule has 0 aliphatic carbocycles. The van der Waals surface area contributed by atoms with Crippen LogP contribution in [0.2, 0.25) is 0 Å². The van der Waals surface area contributed by atoms with Crippen molar-refractivity contribution in [3.8, 4) is 0 Å². The summed E-state index contributed by atoms with van der Waals surface area (Å²) in [6, 6.07) is 10.0. The molecular weight excluding hydrogens is 214 g/mol. The second-order valence-corrected chi connectivity index (χ2v) is 3.15. The number of rotatable bonds is 1. The van der Waals surface area contributed by atoms with Gasteiger partial charge in [-0.3, -0.25) is 0 Å². The Morgan fingerprint density at radius 2 is 1.50 bits per heavy atom. The molecule has 0 saturated carbocycles. The van der Waals surface area contributed by atoms with E-state index in [-0.39, 0.29) is 29.6 Å². The maximum absolute atomic E-state index is 8.88. The van der Waals surface area contributed by atoms with Crippen molar-refractivity contribution in [2.24, 2.45) is 0 Å². The third-order valence-corrected chi connectivity index (χ3v) is 1.04. The SMILES string of the molecule is C=Cc1ccccc1.O=P(O)(O)O.[NaH]. The van der Waals surface area contributed by atoms with Crippen molar-refractivity contribution >= 4 is 43.5 Å². The van der Waals surface area contributed by atoms with Gasteiger partial charge in [-0.1, -0.05) is 43.0 Å². The van der Waals surface area contributed by atoms with Crippen LogP contribution in [0.4, 0.5) is 0 Å². The van der Waals surface area contributed by atoms with Crippen molar-refractivity contribution in [3.05, 3.63) is 42.5 Å². The molecule has 1 rings (SSSR count). The molecule has 3 N–H and O–H groups in total. The molecule has 74 valence electrons. The van der Waals surface area contributed by atoms with Gasteiger partial charge in [0.05, 0.1) is 0 Å². The van der Waals surface area contributed by atoms with Gasteiger partial charge < -0.3 is 14.7 Å². The number of hydrogen-bond donors (Lipinski definition) is 3. The molecule has 0 heterocycles. The van der Waals surface area contributed by atoms with Crippen molar-refractivity contribution in [1.29, 1.82) is 0 Å². The summed E-state index contributed by atoms with van der Waals surface area (Å²) < 4.78 is 8.88. The predicted octanol–water partition coefficient (Wildman–Crippen LogP) is 0.753. The fraction of sp³-hybridized carbons (Fsp3) is 0. The molecule has 0 amide bonds. The molecule has 0 saturated heterocycles. The molecule has 6 heteroatoms. The zero-order chi connectivity index (χ0) is 10.3. The zero-order valence-electron chi connectivity index (χ0n) is 6.87. The van der Waals surface area contributed by atoms with Crippen LogP contribution < -0.4 is 0 Å². The first-order valence-electron chi connectivity index (χ1n) is 3.39. The number of phosphoric acid groups is 1. The molecule has 4 nitrogen and oxygen atoms in total. The summed E-state index contributed by atoms with van der Waals surface area (Å²) in [7, 11) is -4.64. The van der Waals surface area contributed by atoms with Crippen LogP contribution in [0.5, 0.6) is 0 Å². The van der Waals surface area contributed by atoms with Gasteiger partial charge in [-0.2, -0.15) is 0 Å². The molecule has 0 bridgehead atoms. The first-order chi connectivity index (χ1) is 5.93. The van der Waals surface area contributed by atoms with Crippen molar-refractivity contribution in [2.45, 2.75) is 0 Å². The van der Waals surface area contributed by atoms with Crippen molar-refractivity contribution in [3.63, 3.8) is 0 Å². The van der Waals surface area contributed by atoms with Gasteiger partial charge in [-0.25, -0.2) is 4.57 Å². The van der Waals surface area contributed by atoms with Gasteiger partial charge >= 0.3 is 37.4 Å². The van der Waals surface area contributed by atoms with Crippen LogP contribution in [0.25, 0.3) is 6.08 Å². The van der Waals surface area contributed by atoms with Crippen molar-refractivity contribution < 1.29 is 19.2 Å².